The Morgan fingerprint density at radius 3 is 1.82 bits per heavy atom. The highest BCUT2D eigenvalue weighted by molar-refractivity contribution is 6.77. The van der Waals surface area contributed by atoms with Gasteiger partial charge in [0.25, 0.3) is 8.32 Å². The van der Waals surface area contributed by atoms with Crippen LogP contribution in [0.5, 0.6) is 5.75 Å². The summed E-state index contributed by atoms with van der Waals surface area (Å²) in [6, 6.07) is 2.09. The number of benzene rings is 1. The lowest BCUT2D eigenvalue weighted by Crippen LogP contribution is -2.51. The topological polar surface area (TPSA) is 9.23 Å². The molecule has 0 saturated carbocycles. The minimum absolute atomic E-state index is 0.0107. The monoisotopic (exact) mass is 419 g/mol. The van der Waals surface area contributed by atoms with Gasteiger partial charge in [-0.3, -0.25) is 0 Å². The van der Waals surface area contributed by atoms with E-state index in [4.69, 9.17) is 4.43 Å². The van der Waals surface area contributed by atoms with E-state index in [-0.39, 0.29) is 16.5 Å². The lowest BCUT2D eigenvalue weighted by Gasteiger charge is -2.44. The zero-order chi connectivity index (χ0) is 21.7. The van der Waals surface area contributed by atoms with Crippen LogP contribution in [0.25, 0.3) is 0 Å². The molecule has 1 aromatic rings. The Balaban J connectivity index is 3.27. The van der Waals surface area contributed by atoms with Crippen LogP contribution in [0, 0.1) is 34.8 Å². The van der Waals surface area contributed by atoms with Gasteiger partial charge in [-0.2, -0.15) is 8.78 Å². The summed E-state index contributed by atoms with van der Waals surface area (Å²) in [5, 5.41) is 0. The molecule has 0 aliphatic carbocycles. The van der Waals surface area contributed by atoms with Gasteiger partial charge >= 0.3 is 0 Å². The second-order valence-electron chi connectivity index (χ2n) is 9.23. The number of unbranched alkanes of at least 4 members (excludes halogenated alkanes) is 3. The summed E-state index contributed by atoms with van der Waals surface area (Å²) in [6.07, 6.45) is 5.53. The summed E-state index contributed by atoms with van der Waals surface area (Å²) in [4.78, 5) is 0. The molecule has 0 aromatic heterocycles. The van der Waals surface area contributed by atoms with E-state index in [1.54, 1.807) is 0 Å². The summed E-state index contributed by atoms with van der Waals surface area (Å²) in [6.45, 7) is 14.3. The molecular formula is C22H35F4OSi. The molecule has 0 amide bonds. The highest BCUT2D eigenvalue weighted by Crippen LogP contribution is 2.46. The maximum absolute atomic E-state index is 14.3. The lowest BCUT2D eigenvalue weighted by atomic mass is 9.89. The van der Waals surface area contributed by atoms with Crippen LogP contribution in [0.3, 0.4) is 0 Å². The Bertz CT molecular complexity index is 610. The third-order valence-corrected chi connectivity index (χ3v) is 11.7. The van der Waals surface area contributed by atoms with E-state index in [1.807, 2.05) is 27.7 Å². The van der Waals surface area contributed by atoms with Crippen molar-refractivity contribution in [1.29, 1.82) is 0 Å². The largest absolute Gasteiger partial charge is 0.539 e. The van der Waals surface area contributed by atoms with Crippen LogP contribution in [0.15, 0.2) is 0 Å². The molecule has 1 aromatic carbocycles. The van der Waals surface area contributed by atoms with Gasteiger partial charge in [0.15, 0.2) is 17.4 Å². The van der Waals surface area contributed by atoms with Gasteiger partial charge in [-0.15, -0.1) is 0 Å². The molecule has 1 rings (SSSR count). The maximum Gasteiger partial charge on any atom is 0.257 e. The molecule has 0 atom stereocenters. The van der Waals surface area contributed by atoms with Crippen molar-refractivity contribution in [3.63, 3.8) is 0 Å². The highest BCUT2D eigenvalue weighted by Gasteiger charge is 2.48. The van der Waals surface area contributed by atoms with Gasteiger partial charge in [-0.25, -0.2) is 8.78 Å². The van der Waals surface area contributed by atoms with E-state index >= 15 is 0 Å². The van der Waals surface area contributed by atoms with Crippen LogP contribution in [0.2, 0.25) is 17.1 Å². The quantitative estimate of drug-likeness (QED) is 0.152. The van der Waals surface area contributed by atoms with Gasteiger partial charge in [0.2, 0.25) is 11.6 Å². The number of rotatable bonds is 11. The standard InChI is InChI=1S/C22H35F4OSi/c1-8-9-10-11-12-22(6,7)14-28(15(2)3,16(4)5)27-21-19(25)17(23)13-18(24)20(21)26/h15-16H,8-12,14H2,1-7H3. The molecular weight excluding hydrogens is 384 g/mol. The number of hydrogen-bond acceptors (Lipinski definition) is 1. The Kier molecular flexibility index (Phi) is 9.04. The average Bonchev–Trinajstić information content (AvgIpc) is 2.59. The van der Waals surface area contributed by atoms with Crippen LogP contribution < -0.4 is 4.43 Å². The van der Waals surface area contributed by atoms with Gasteiger partial charge in [0.1, 0.15) is 0 Å². The summed E-state index contributed by atoms with van der Waals surface area (Å²) in [5.74, 6) is -7.04. The SMILES string of the molecule is CCCCCCC(C)(C)C[Si](Oc1c(F)c(F)[c]c(F)c1F)(C(C)C)C(C)C. The van der Waals surface area contributed by atoms with Crippen LogP contribution >= 0.6 is 0 Å². The first kappa shape index (κ1) is 25.0. The van der Waals surface area contributed by atoms with E-state index in [9.17, 15) is 17.6 Å². The van der Waals surface area contributed by atoms with Crippen molar-refractivity contribution in [2.24, 2.45) is 5.41 Å². The van der Waals surface area contributed by atoms with Crippen molar-refractivity contribution in [2.45, 2.75) is 97.7 Å². The van der Waals surface area contributed by atoms with E-state index in [1.165, 1.54) is 12.5 Å². The van der Waals surface area contributed by atoms with E-state index in [0.717, 1.165) is 25.7 Å². The van der Waals surface area contributed by atoms with Gasteiger partial charge in [0.05, 0.1) is 6.07 Å². The second kappa shape index (κ2) is 10.1. The first-order chi connectivity index (χ1) is 12.9. The van der Waals surface area contributed by atoms with Crippen molar-refractivity contribution in [3.05, 3.63) is 29.3 Å². The molecule has 0 bridgehead atoms. The average molecular weight is 420 g/mol. The smallest absolute Gasteiger partial charge is 0.257 e. The molecule has 1 radical (unpaired) electrons. The van der Waals surface area contributed by atoms with Gasteiger partial charge in [-0.05, 0) is 29.0 Å². The van der Waals surface area contributed by atoms with Crippen molar-refractivity contribution >= 4 is 8.32 Å². The predicted molar refractivity (Wildman–Crippen MR) is 109 cm³/mol. The molecule has 6 heteroatoms. The second-order valence-corrected chi connectivity index (χ2v) is 14.0. The fourth-order valence-electron chi connectivity index (χ4n) is 3.99. The predicted octanol–water partition coefficient (Wildman–Crippen LogP) is 8.18. The van der Waals surface area contributed by atoms with Crippen LogP contribution in [0.4, 0.5) is 17.6 Å². The van der Waals surface area contributed by atoms with Gasteiger partial charge in [-0.1, -0.05) is 74.1 Å². The fourth-order valence-corrected chi connectivity index (χ4v) is 8.92. The molecule has 0 unspecified atom stereocenters. The zero-order valence-corrected chi connectivity index (χ0v) is 19.3. The molecule has 0 aliphatic rings. The summed E-state index contributed by atoms with van der Waals surface area (Å²) in [7, 11) is -2.83. The Morgan fingerprint density at radius 1 is 0.893 bits per heavy atom. The Morgan fingerprint density at radius 2 is 1.39 bits per heavy atom. The van der Waals surface area contributed by atoms with Crippen LogP contribution in [-0.2, 0) is 0 Å². The van der Waals surface area contributed by atoms with Crippen molar-refractivity contribution < 1.29 is 22.0 Å². The van der Waals surface area contributed by atoms with Gasteiger partial charge < -0.3 is 4.43 Å². The minimum Gasteiger partial charge on any atom is -0.539 e. The zero-order valence-electron chi connectivity index (χ0n) is 18.3. The molecule has 28 heavy (non-hydrogen) atoms. The number of halogens is 4. The van der Waals surface area contributed by atoms with E-state index in [0.29, 0.717) is 6.04 Å². The maximum atomic E-state index is 14.3. The van der Waals surface area contributed by atoms with Crippen LogP contribution in [-0.4, -0.2) is 8.32 Å². The van der Waals surface area contributed by atoms with E-state index < -0.39 is 37.3 Å². The van der Waals surface area contributed by atoms with Crippen molar-refractivity contribution in [1.82, 2.24) is 0 Å². The molecule has 0 fully saturated rings. The lowest BCUT2D eigenvalue weighted by molar-refractivity contribution is 0.319. The molecule has 0 heterocycles. The first-order valence-electron chi connectivity index (χ1n) is 10.3. The van der Waals surface area contributed by atoms with E-state index in [2.05, 4.69) is 20.8 Å². The Labute approximate surface area is 169 Å². The summed E-state index contributed by atoms with van der Waals surface area (Å²) in [5.41, 5.74) is -0.0764. The first-order valence-corrected chi connectivity index (χ1v) is 12.6. The Hall–Kier alpha value is -1.04. The summed E-state index contributed by atoms with van der Waals surface area (Å²) < 4.78 is 62.0. The minimum atomic E-state index is -2.83. The number of hydrogen-bond donors (Lipinski definition) is 0. The molecule has 0 saturated heterocycles. The molecule has 0 spiro atoms. The third-order valence-electron chi connectivity index (χ3n) is 5.71. The highest BCUT2D eigenvalue weighted by atomic mass is 28.4. The third kappa shape index (κ3) is 5.98. The molecule has 0 aliphatic heterocycles. The fraction of sp³-hybridized carbons (Fsp3) is 0.727. The van der Waals surface area contributed by atoms with Gasteiger partial charge in [0, 0.05) is 0 Å². The van der Waals surface area contributed by atoms with Crippen molar-refractivity contribution in [3.8, 4) is 5.75 Å². The molecule has 0 N–H and O–H groups in total. The molecule has 1 nitrogen and oxygen atoms in total. The molecule has 161 valence electrons. The van der Waals surface area contributed by atoms with Crippen LogP contribution in [0.1, 0.15) is 80.6 Å². The normalized spacial score (nSPS) is 12.9. The summed E-state index contributed by atoms with van der Waals surface area (Å²) >= 11 is 0. The van der Waals surface area contributed by atoms with Crippen molar-refractivity contribution in [2.75, 3.05) is 0 Å².